The minimum atomic E-state index is -0.285. The summed E-state index contributed by atoms with van der Waals surface area (Å²) in [5.74, 6) is -0.285. The monoisotopic (exact) mass is 274 g/mol. The molecule has 0 bridgehead atoms. The number of benzene rings is 1. The molecule has 1 fully saturated rings. The van der Waals surface area contributed by atoms with Crippen molar-refractivity contribution in [3.05, 3.63) is 48.0 Å². The van der Waals surface area contributed by atoms with Gasteiger partial charge in [-0.05, 0) is 5.56 Å². The van der Waals surface area contributed by atoms with Gasteiger partial charge in [0.1, 0.15) is 0 Å². The Morgan fingerprint density at radius 3 is 2.45 bits per heavy atom. The maximum Gasteiger partial charge on any atom is 0.330 e. The van der Waals surface area contributed by atoms with Crippen molar-refractivity contribution in [3.8, 4) is 0 Å². The van der Waals surface area contributed by atoms with Gasteiger partial charge in [0.15, 0.2) is 0 Å². The molecule has 0 aliphatic carbocycles. The van der Waals surface area contributed by atoms with Crippen LogP contribution in [0.3, 0.4) is 0 Å². The fourth-order valence-electron chi connectivity index (χ4n) is 2.34. The van der Waals surface area contributed by atoms with Crippen LogP contribution in [0.25, 0.3) is 0 Å². The fourth-order valence-corrected chi connectivity index (χ4v) is 2.34. The highest BCUT2D eigenvalue weighted by atomic mass is 16.5. The van der Waals surface area contributed by atoms with Gasteiger partial charge in [-0.3, -0.25) is 9.80 Å². The maximum atomic E-state index is 11.0. The largest absolute Gasteiger partial charge is 0.466 e. The fraction of sp³-hybridized carbons (Fsp3) is 0.438. The minimum absolute atomic E-state index is 0.285. The number of carbonyl (C=O) groups excluding carboxylic acids is 1. The van der Waals surface area contributed by atoms with Gasteiger partial charge >= 0.3 is 5.97 Å². The van der Waals surface area contributed by atoms with Gasteiger partial charge in [0.25, 0.3) is 0 Å². The number of piperazine rings is 1. The Kier molecular flexibility index (Phi) is 5.77. The third kappa shape index (κ3) is 4.79. The molecule has 4 nitrogen and oxygen atoms in total. The first-order valence-electron chi connectivity index (χ1n) is 7.01. The van der Waals surface area contributed by atoms with Crippen molar-refractivity contribution in [2.24, 2.45) is 0 Å². The molecular formula is C16H22N2O2. The molecule has 2 rings (SSSR count). The zero-order chi connectivity index (χ0) is 14.2. The van der Waals surface area contributed by atoms with E-state index < -0.39 is 0 Å². The van der Waals surface area contributed by atoms with E-state index >= 15 is 0 Å². The van der Waals surface area contributed by atoms with Crippen molar-refractivity contribution < 1.29 is 9.53 Å². The summed E-state index contributed by atoms with van der Waals surface area (Å²) >= 11 is 0. The molecule has 1 saturated heterocycles. The van der Waals surface area contributed by atoms with E-state index in [1.54, 1.807) is 0 Å². The molecule has 20 heavy (non-hydrogen) atoms. The molecule has 0 spiro atoms. The van der Waals surface area contributed by atoms with Crippen molar-refractivity contribution in [2.45, 2.75) is 6.54 Å². The molecule has 1 aromatic carbocycles. The molecule has 0 unspecified atom stereocenters. The number of ether oxygens (including phenoxy) is 1. The van der Waals surface area contributed by atoms with Gasteiger partial charge in [-0.1, -0.05) is 36.4 Å². The average Bonchev–Trinajstić information content (AvgIpc) is 2.50. The van der Waals surface area contributed by atoms with Crippen LogP contribution in [0, 0.1) is 0 Å². The molecule has 1 aromatic rings. The van der Waals surface area contributed by atoms with Gasteiger partial charge in [0, 0.05) is 45.3 Å². The molecule has 0 radical (unpaired) electrons. The predicted octanol–water partition coefficient (Wildman–Crippen LogP) is 1.53. The van der Waals surface area contributed by atoms with E-state index in [1.807, 2.05) is 6.08 Å². The van der Waals surface area contributed by atoms with Gasteiger partial charge in [-0.15, -0.1) is 0 Å². The Hall–Kier alpha value is -1.65. The lowest BCUT2D eigenvalue weighted by atomic mass is 10.2. The van der Waals surface area contributed by atoms with Crippen molar-refractivity contribution in [1.82, 2.24) is 9.80 Å². The molecule has 4 heteroatoms. The van der Waals surface area contributed by atoms with Gasteiger partial charge < -0.3 is 4.74 Å². The molecule has 108 valence electrons. The lowest BCUT2D eigenvalue weighted by Gasteiger charge is -2.34. The minimum Gasteiger partial charge on any atom is -0.466 e. The second-order valence-electron chi connectivity index (χ2n) is 4.99. The van der Waals surface area contributed by atoms with Crippen LogP contribution in [-0.4, -0.2) is 55.6 Å². The van der Waals surface area contributed by atoms with Gasteiger partial charge in [-0.25, -0.2) is 4.79 Å². The van der Waals surface area contributed by atoms with Gasteiger partial charge in [0.05, 0.1) is 7.11 Å². The Morgan fingerprint density at radius 1 is 1.15 bits per heavy atom. The first-order chi connectivity index (χ1) is 9.78. The second kappa shape index (κ2) is 7.82. The maximum absolute atomic E-state index is 11.0. The Bertz CT molecular complexity index is 437. The summed E-state index contributed by atoms with van der Waals surface area (Å²) in [4.78, 5) is 15.8. The molecular weight excluding hydrogens is 252 g/mol. The SMILES string of the molecule is COC(=O)/C=C/CN1CCN(Cc2ccccc2)CC1. The number of hydrogen-bond acceptors (Lipinski definition) is 4. The quantitative estimate of drug-likeness (QED) is 0.602. The summed E-state index contributed by atoms with van der Waals surface area (Å²) in [6, 6.07) is 10.6. The third-order valence-corrected chi connectivity index (χ3v) is 3.53. The van der Waals surface area contributed by atoms with Gasteiger partial charge in [-0.2, -0.15) is 0 Å². The highest BCUT2D eigenvalue weighted by Gasteiger charge is 2.15. The standard InChI is InChI=1S/C16H22N2O2/c1-20-16(19)8-5-9-17-10-12-18(13-11-17)14-15-6-3-2-4-7-15/h2-8H,9-14H2,1H3/b8-5+. The average molecular weight is 274 g/mol. The molecule has 1 aliphatic heterocycles. The van der Waals surface area contributed by atoms with Crippen molar-refractivity contribution in [2.75, 3.05) is 39.8 Å². The van der Waals surface area contributed by atoms with E-state index in [4.69, 9.17) is 0 Å². The van der Waals surface area contributed by atoms with Crippen molar-refractivity contribution in [1.29, 1.82) is 0 Å². The van der Waals surface area contributed by atoms with E-state index in [1.165, 1.54) is 18.7 Å². The molecule has 0 aromatic heterocycles. The van der Waals surface area contributed by atoms with Crippen LogP contribution in [0.1, 0.15) is 5.56 Å². The predicted molar refractivity (Wildman–Crippen MR) is 79.3 cm³/mol. The number of methoxy groups -OCH3 is 1. The summed E-state index contributed by atoms with van der Waals surface area (Å²) in [5, 5.41) is 0. The second-order valence-corrected chi connectivity index (χ2v) is 4.99. The number of nitrogens with zero attached hydrogens (tertiary/aromatic N) is 2. The van der Waals surface area contributed by atoms with E-state index in [9.17, 15) is 4.79 Å². The van der Waals surface area contributed by atoms with Crippen molar-refractivity contribution >= 4 is 5.97 Å². The van der Waals surface area contributed by atoms with Crippen LogP contribution in [-0.2, 0) is 16.1 Å². The summed E-state index contributed by atoms with van der Waals surface area (Å²) in [6.45, 7) is 6.06. The molecule has 0 amide bonds. The number of esters is 1. The molecule has 0 saturated carbocycles. The normalized spacial score (nSPS) is 17.4. The molecule has 0 N–H and O–H groups in total. The summed E-state index contributed by atoms with van der Waals surface area (Å²) in [7, 11) is 1.40. The van der Waals surface area contributed by atoms with Crippen molar-refractivity contribution in [3.63, 3.8) is 0 Å². The smallest absolute Gasteiger partial charge is 0.330 e. The number of carbonyl (C=O) groups is 1. The third-order valence-electron chi connectivity index (χ3n) is 3.53. The zero-order valence-corrected chi connectivity index (χ0v) is 12.0. The van der Waals surface area contributed by atoms with Crippen LogP contribution in [0.4, 0.5) is 0 Å². The van der Waals surface area contributed by atoms with Crippen LogP contribution in [0.5, 0.6) is 0 Å². The van der Waals surface area contributed by atoms with E-state index in [-0.39, 0.29) is 5.97 Å². The molecule has 1 aliphatic rings. The summed E-state index contributed by atoms with van der Waals surface area (Å²) in [6.07, 6.45) is 3.37. The van der Waals surface area contributed by atoms with E-state index in [0.717, 1.165) is 39.3 Å². The Balaban J connectivity index is 1.70. The number of hydrogen-bond donors (Lipinski definition) is 0. The van der Waals surface area contributed by atoms with Crippen LogP contribution in [0.2, 0.25) is 0 Å². The highest BCUT2D eigenvalue weighted by Crippen LogP contribution is 2.08. The highest BCUT2D eigenvalue weighted by molar-refractivity contribution is 5.81. The Morgan fingerprint density at radius 2 is 1.80 bits per heavy atom. The molecule has 1 heterocycles. The molecule has 0 atom stereocenters. The van der Waals surface area contributed by atoms with Gasteiger partial charge in [0.2, 0.25) is 0 Å². The van der Waals surface area contributed by atoms with E-state index in [0.29, 0.717) is 0 Å². The zero-order valence-electron chi connectivity index (χ0n) is 12.0. The summed E-state index contributed by atoms with van der Waals surface area (Å²) in [5.41, 5.74) is 1.37. The summed E-state index contributed by atoms with van der Waals surface area (Å²) < 4.78 is 4.57. The number of rotatable bonds is 5. The first-order valence-corrected chi connectivity index (χ1v) is 7.01. The van der Waals surface area contributed by atoms with E-state index in [2.05, 4.69) is 44.9 Å². The first kappa shape index (κ1) is 14.8. The Labute approximate surface area is 120 Å². The van der Waals surface area contributed by atoms with Crippen LogP contribution < -0.4 is 0 Å². The van der Waals surface area contributed by atoms with Crippen LogP contribution in [0.15, 0.2) is 42.5 Å². The lowest BCUT2D eigenvalue weighted by Crippen LogP contribution is -2.45. The lowest BCUT2D eigenvalue weighted by molar-refractivity contribution is -0.134. The topological polar surface area (TPSA) is 32.8 Å². The van der Waals surface area contributed by atoms with Crippen LogP contribution >= 0.6 is 0 Å².